The van der Waals surface area contributed by atoms with Crippen molar-refractivity contribution >= 4 is 46.8 Å². The Balaban J connectivity index is 1.51. The number of halogens is 2. The highest BCUT2D eigenvalue weighted by Crippen LogP contribution is 2.32. The monoisotopic (exact) mass is 424 g/mol. The van der Waals surface area contributed by atoms with Crippen molar-refractivity contribution in [1.82, 2.24) is 5.32 Å². The minimum absolute atomic E-state index is 0.0561. The van der Waals surface area contributed by atoms with Gasteiger partial charge < -0.3 is 19.5 Å². The van der Waals surface area contributed by atoms with Gasteiger partial charge in [-0.15, -0.1) is 0 Å². The van der Waals surface area contributed by atoms with E-state index >= 15 is 0 Å². The van der Waals surface area contributed by atoms with Gasteiger partial charge in [-0.05, 0) is 24.3 Å². The summed E-state index contributed by atoms with van der Waals surface area (Å²) in [6.45, 7) is 0.170. The molecule has 0 aromatic heterocycles. The van der Waals surface area contributed by atoms with E-state index in [-0.39, 0.29) is 15.6 Å². The van der Waals surface area contributed by atoms with Gasteiger partial charge in [-0.2, -0.15) is 0 Å². The number of benzene rings is 2. The van der Waals surface area contributed by atoms with Gasteiger partial charge in [0.1, 0.15) is 13.2 Å². The van der Waals surface area contributed by atoms with E-state index in [9.17, 15) is 14.4 Å². The Hall–Kier alpha value is -2.97. The van der Waals surface area contributed by atoms with Crippen LogP contribution in [0.3, 0.4) is 0 Å². The van der Waals surface area contributed by atoms with E-state index in [1.165, 1.54) is 12.1 Å². The normalized spacial score (nSPS) is 12.1. The van der Waals surface area contributed by atoms with Crippen LogP contribution in [0, 0.1) is 0 Å². The number of fused-ring (bicyclic) bond motifs is 1. The number of imide groups is 1. The molecule has 0 unspecified atom stereocenters. The number of ether oxygens (including phenoxy) is 3. The van der Waals surface area contributed by atoms with Gasteiger partial charge in [0.05, 0.1) is 15.6 Å². The van der Waals surface area contributed by atoms with Crippen molar-refractivity contribution < 1.29 is 28.6 Å². The molecule has 0 saturated carbocycles. The number of nitrogens with one attached hydrogen (secondary N) is 2. The van der Waals surface area contributed by atoms with Gasteiger partial charge in [-0.3, -0.25) is 10.1 Å². The fourth-order valence-corrected chi connectivity index (χ4v) is 2.89. The van der Waals surface area contributed by atoms with E-state index in [1.54, 1.807) is 24.3 Å². The van der Waals surface area contributed by atoms with Gasteiger partial charge >= 0.3 is 12.0 Å². The van der Waals surface area contributed by atoms with Crippen LogP contribution in [0.5, 0.6) is 11.5 Å². The Morgan fingerprint density at radius 1 is 1.00 bits per heavy atom. The van der Waals surface area contributed by atoms with E-state index in [0.717, 1.165) is 0 Å². The first kappa shape index (κ1) is 19.8. The van der Waals surface area contributed by atoms with Gasteiger partial charge in [0.15, 0.2) is 18.1 Å². The summed E-state index contributed by atoms with van der Waals surface area (Å²) < 4.78 is 15.6. The largest absolute Gasteiger partial charge is 0.486 e. The maximum Gasteiger partial charge on any atom is 0.341 e. The molecule has 3 rings (SSSR count). The quantitative estimate of drug-likeness (QED) is 0.729. The summed E-state index contributed by atoms with van der Waals surface area (Å²) in [6.07, 6.45) is 0. The van der Waals surface area contributed by atoms with E-state index in [4.69, 9.17) is 37.4 Å². The Bertz CT molecular complexity index is 914. The number of amides is 3. The molecular weight excluding hydrogens is 411 g/mol. The minimum atomic E-state index is -0.877. The molecule has 0 aliphatic carbocycles. The number of anilines is 1. The van der Waals surface area contributed by atoms with Crippen LogP contribution < -0.4 is 20.1 Å². The Morgan fingerprint density at radius 2 is 1.68 bits per heavy atom. The molecule has 1 aliphatic heterocycles. The molecule has 3 amide bonds. The second-order valence-electron chi connectivity index (χ2n) is 5.53. The third-order valence-electron chi connectivity index (χ3n) is 3.55. The number of carbonyl (C=O) groups is 3. The molecule has 0 saturated heterocycles. The minimum Gasteiger partial charge on any atom is -0.486 e. The summed E-state index contributed by atoms with van der Waals surface area (Å²) in [5.74, 6) is -0.649. The molecule has 28 heavy (non-hydrogen) atoms. The lowest BCUT2D eigenvalue weighted by Crippen LogP contribution is -2.37. The van der Waals surface area contributed by atoms with Crippen molar-refractivity contribution in [2.45, 2.75) is 0 Å². The number of urea groups is 1. The van der Waals surface area contributed by atoms with Crippen LogP contribution in [0.2, 0.25) is 10.0 Å². The van der Waals surface area contributed by atoms with Crippen LogP contribution >= 0.6 is 23.2 Å². The first-order chi connectivity index (χ1) is 13.4. The summed E-state index contributed by atoms with van der Waals surface area (Å²) >= 11 is 11.8. The van der Waals surface area contributed by atoms with Gasteiger partial charge in [0.2, 0.25) is 0 Å². The molecule has 2 aromatic carbocycles. The molecule has 1 heterocycles. The predicted molar refractivity (Wildman–Crippen MR) is 101 cm³/mol. The number of rotatable bonds is 4. The van der Waals surface area contributed by atoms with E-state index < -0.39 is 24.5 Å². The first-order valence-electron chi connectivity index (χ1n) is 8.05. The smallest absolute Gasteiger partial charge is 0.341 e. The lowest BCUT2D eigenvalue weighted by molar-refractivity contribution is -0.123. The summed E-state index contributed by atoms with van der Waals surface area (Å²) in [5.41, 5.74) is 0.341. The van der Waals surface area contributed by atoms with Crippen molar-refractivity contribution in [3.63, 3.8) is 0 Å². The molecular formula is C18H14Cl2N2O6. The third kappa shape index (κ3) is 4.85. The van der Waals surface area contributed by atoms with Gasteiger partial charge in [0, 0.05) is 11.8 Å². The standard InChI is InChI=1S/C18H14Cl2N2O6/c19-11-2-1-3-12(20)16(11)17(24)28-9-15(23)22-18(25)21-10-4-5-13-14(8-10)27-7-6-26-13/h1-5,8H,6-7,9H2,(H2,21,22,23,25). The zero-order valence-corrected chi connectivity index (χ0v) is 15.8. The van der Waals surface area contributed by atoms with Crippen LogP contribution in [0.1, 0.15) is 10.4 Å². The topological polar surface area (TPSA) is 103 Å². The third-order valence-corrected chi connectivity index (χ3v) is 4.18. The number of carbonyl (C=O) groups excluding carboxylic acids is 3. The molecule has 8 nitrogen and oxygen atoms in total. The van der Waals surface area contributed by atoms with Crippen LogP contribution in [-0.2, 0) is 9.53 Å². The number of hydrogen-bond donors (Lipinski definition) is 2. The van der Waals surface area contributed by atoms with Crippen LogP contribution in [0.4, 0.5) is 10.5 Å². The molecule has 0 fully saturated rings. The van der Waals surface area contributed by atoms with E-state index in [1.807, 2.05) is 5.32 Å². The highest BCUT2D eigenvalue weighted by Gasteiger charge is 2.18. The molecule has 1 aliphatic rings. The molecule has 0 atom stereocenters. The lowest BCUT2D eigenvalue weighted by Gasteiger charge is -2.19. The van der Waals surface area contributed by atoms with Crippen molar-refractivity contribution in [2.75, 3.05) is 25.1 Å². The van der Waals surface area contributed by atoms with Crippen LogP contribution in [0.25, 0.3) is 0 Å². The van der Waals surface area contributed by atoms with Crippen LogP contribution in [-0.4, -0.2) is 37.7 Å². The summed E-state index contributed by atoms with van der Waals surface area (Å²) in [7, 11) is 0. The van der Waals surface area contributed by atoms with E-state index in [0.29, 0.717) is 30.4 Å². The van der Waals surface area contributed by atoms with Gasteiger partial charge in [0.25, 0.3) is 5.91 Å². The molecule has 146 valence electrons. The van der Waals surface area contributed by atoms with Crippen LogP contribution in [0.15, 0.2) is 36.4 Å². The molecule has 2 aromatic rings. The van der Waals surface area contributed by atoms with Gasteiger partial charge in [-0.1, -0.05) is 29.3 Å². The van der Waals surface area contributed by atoms with Gasteiger partial charge in [-0.25, -0.2) is 9.59 Å². The lowest BCUT2D eigenvalue weighted by atomic mass is 10.2. The number of esters is 1. The zero-order chi connectivity index (χ0) is 20.1. The highest BCUT2D eigenvalue weighted by molar-refractivity contribution is 6.39. The molecule has 0 bridgehead atoms. The molecule has 0 radical (unpaired) electrons. The first-order valence-corrected chi connectivity index (χ1v) is 8.81. The fourth-order valence-electron chi connectivity index (χ4n) is 2.34. The molecule has 2 N–H and O–H groups in total. The molecule has 0 spiro atoms. The Kier molecular flexibility index (Phi) is 6.23. The molecule has 10 heteroatoms. The summed E-state index contributed by atoms with van der Waals surface area (Å²) in [4.78, 5) is 35.7. The average Bonchev–Trinajstić information content (AvgIpc) is 2.66. The van der Waals surface area contributed by atoms with Crippen molar-refractivity contribution in [2.24, 2.45) is 0 Å². The maximum absolute atomic E-state index is 12.0. The highest BCUT2D eigenvalue weighted by atomic mass is 35.5. The second-order valence-corrected chi connectivity index (χ2v) is 6.35. The van der Waals surface area contributed by atoms with Crippen molar-refractivity contribution in [1.29, 1.82) is 0 Å². The predicted octanol–water partition coefficient (Wildman–Crippen LogP) is 3.27. The number of hydrogen-bond acceptors (Lipinski definition) is 6. The van der Waals surface area contributed by atoms with Crippen molar-refractivity contribution in [3.8, 4) is 11.5 Å². The van der Waals surface area contributed by atoms with E-state index in [2.05, 4.69) is 5.32 Å². The average molecular weight is 425 g/mol. The summed E-state index contributed by atoms with van der Waals surface area (Å²) in [5, 5.41) is 4.70. The summed E-state index contributed by atoms with van der Waals surface area (Å²) in [6, 6.07) is 8.50. The Morgan fingerprint density at radius 3 is 2.39 bits per heavy atom. The van der Waals surface area contributed by atoms with Crippen molar-refractivity contribution in [3.05, 3.63) is 52.0 Å². The maximum atomic E-state index is 12.0. The second kappa shape index (κ2) is 8.81. The SMILES string of the molecule is O=C(COC(=O)c1c(Cl)cccc1Cl)NC(=O)Nc1ccc2c(c1)OCCO2. The fraction of sp³-hybridized carbons (Fsp3) is 0.167. The Labute approximate surface area is 169 Å². The zero-order valence-electron chi connectivity index (χ0n) is 14.3.